The van der Waals surface area contributed by atoms with Gasteiger partial charge < -0.3 is 9.84 Å². The Hall–Kier alpha value is -3.26. The van der Waals surface area contributed by atoms with Crippen molar-refractivity contribution in [2.45, 2.75) is 29.9 Å². The third-order valence-electron chi connectivity index (χ3n) is 4.69. The summed E-state index contributed by atoms with van der Waals surface area (Å²) in [5, 5.41) is 9.55. The molecule has 1 N–H and O–H groups in total. The Morgan fingerprint density at radius 3 is 2.36 bits per heavy atom. The number of hydrogen-bond acceptors (Lipinski definition) is 4. The van der Waals surface area contributed by atoms with Gasteiger partial charge in [0.15, 0.2) is 0 Å². The van der Waals surface area contributed by atoms with E-state index in [4.69, 9.17) is 4.74 Å². The zero-order valence-corrected chi connectivity index (χ0v) is 18.5. The summed E-state index contributed by atoms with van der Waals surface area (Å²) in [6.07, 6.45) is 3.43. The molecule has 8 heteroatoms. The number of carboxylic acid groups (broad SMARTS) is 1. The van der Waals surface area contributed by atoms with Crippen LogP contribution in [-0.4, -0.2) is 22.7 Å². The lowest BCUT2D eigenvalue weighted by molar-refractivity contribution is -0.130. The molecule has 0 atom stereocenters. The maximum Gasteiger partial charge on any atom is 0.341 e. The van der Waals surface area contributed by atoms with Gasteiger partial charge in [-0.25, -0.2) is 18.0 Å². The summed E-state index contributed by atoms with van der Waals surface area (Å²) in [7, 11) is 0. The van der Waals surface area contributed by atoms with Crippen molar-refractivity contribution in [3.05, 3.63) is 101 Å². The number of rotatable bonds is 11. The molecule has 172 valence electrons. The van der Waals surface area contributed by atoms with Gasteiger partial charge in [-0.2, -0.15) is 0 Å². The first-order valence-electron chi connectivity index (χ1n) is 10.3. The van der Waals surface area contributed by atoms with E-state index in [1.807, 2.05) is 0 Å². The Balaban J connectivity index is 1.55. The normalized spacial score (nSPS) is 11.4. The highest BCUT2D eigenvalue weighted by Crippen LogP contribution is 2.28. The van der Waals surface area contributed by atoms with Crippen molar-refractivity contribution < 1.29 is 27.8 Å². The van der Waals surface area contributed by atoms with Crippen LogP contribution in [0, 0.1) is 17.5 Å². The third-order valence-corrected chi connectivity index (χ3v) is 5.81. The van der Waals surface area contributed by atoms with Crippen LogP contribution in [0.5, 0.6) is 0 Å². The van der Waals surface area contributed by atoms with Crippen molar-refractivity contribution in [1.82, 2.24) is 4.98 Å². The van der Waals surface area contributed by atoms with Gasteiger partial charge in [-0.05, 0) is 61.2 Å². The molecule has 1 heterocycles. The monoisotopic (exact) mass is 473 g/mol. The Labute approximate surface area is 194 Å². The van der Waals surface area contributed by atoms with Crippen molar-refractivity contribution >= 4 is 23.3 Å². The van der Waals surface area contributed by atoms with Gasteiger partial charge in [0, 0.05) is 5.75 Å². The standard InChI is InChI=1S/C25H22F3NO3S/c26-18-12-10-17(11-13-18)5-1-2-14-32-15-20(25(30)31)23-9-3-6-19(29-23)16-33-24-21(27)7-4-8-22(24)28/h3-4,6-13,15H,1-2,5,14,16H2,(H,30,31). The van der Waals surface area contributed by atoms with E-state index in [1.165, 1.54) is 36.4 Å². The van der Waals surface area contributed by atoms with E-state index in [0.717, 1.165) is 36.4 Å². The highest BCUT2D eigenvalue weighted by Gasteiger charge is 2.14. The van der Waals surface area contributed by atoms with Crippen molar-refractivity contribution in [2.24, 2.45) is 0 Å². The molecule has 0 unspecified atom stereocenters. The zero-order chi connectivity index (χ0) is 23.6. The second-order valence-corrected chi connectivity index (χ2v) is 8.13. The van der Waals surface area contributed by atoms with E-state index >= 15 is 0 Å². The van der Waals surface area contributed by atoms with Gasteiger partial charge >= 0.3 is 5.97 Å². The molecule has 1 aromatic heterocycles. The Bertz CT molecular complexity index is 1100. The van der Waals surface area contributed by atoms with Crippen LogP contribution in [0.4, 0.5) is 13.2 Å². The van der Waals surface area contributed by atoms with Crippen LogP contribution in [0.25, 0.3) is 5.57 Å². The van der Waals surface area contributed by atoms with E-state index in [1.54, 1.807) is 24.3 Å². The van der Waals surface area contributed by atoms with Crippen LogP contribution in [0.2, 0.25) is 0 Å². The number of hydrogen-bond donors (Lipinski definition) is 1. The SMILES string of the molecule is O=C(O)C(=COCCCCc1ccc(F)cc1)c1cccc(CSc2c(F)cccc2F)n1. The molecule has 4 nitrogen and oxygen atoms in total. The number of halogens is 3. The van der Waals surface area contributed by atoms with E-state index in [2.05, 4.69) is 4.98 Å². The molecule has 0 aliphatic rings. The molecular weight excluding hydrogens is 451 g/mol. The van der Waals surface area contributed by atoms with Crippen molar-refractivity contribution in [3.63, 3.8) is 0 Å². The van der Waals surface area contributed by atoms with Gasteiger partial charge in [0.2, 0.25) is 0 Å². The molecule has 33 heavy (non-hydrogen) atoms. The second kappa shape index (κ2) is 12.1. The minimum absolute atomic E-state index is 0.109. The fourth-order valence-corrected chi connectivity index (χ4v) is 3.87. The average molecular weight is 474 g/mol. The topological polar surface area (TPSA) is 59.4 Å². The summed E-state index contributed by atoms with van der Waals surface area (Å²) in [5.41, 5.74) is 1.58. The number of benzene rings is 2. The maximum atomic E-state index is 13.8. The van der Waals surface area contributed by atoms with Gasteiger partial charge in [0.05, 0.1) is 29.2 Å². The number of nitrogens with zero attached hydrogens (tertiary/aromatic N) is 1. The molecule has 0 spiro atoms. The molecule has 0 bridgehead atoms. The van der Waals surface area contributed by atoms with Crippen molar-refractivity contribution in [2.75, 3.05) is 6.61 Å². The maximum absolute atomic E-state index is 13.8. The van der Waals surface area contributed by atoms with Gasteiger partial charge in [-0.3, -0.25) is 4.98 Å². The number of pyridine rings is 1. The van der Waals surface area contributed by atoms with Crippen LogP contribution < -0.4 is 0 Å². The summed E-state index contributed by atoms with van der Waals surface area (Å²) in [6.45, 7) is 0.320. The summed E-state index contributed by atoms with van der Waals surface area (Å²) in [5.74, 6) is -2.61. The Morgan fingerprint density at radius 1 is 0.970 bits per heavy atom. The molecule has 0 aliphatic heterocycles. The molecule has 0 aliphatic carbocycles. The Morgan fingerprint density at radius 2 is 1.67 bits per heavy atom. The molecule has 0 saturated carbocycles. The van der Waals surface area contributed by atoms with Crippen LogP contribution in [0.1, 0.15) is 29.8 Å². The largest absolute Gasteiger partial charge is 0.500 e. The lowest BCUT2D eigenvalue weighted by Gasteiger charge is -2.08. The molecule has 0 amide bonds. The quantitative estimate of drug-likeness (QED) is 0.154. The van der Waals surface area contributed by atoms with Crippen LogP contribution in [0.3, 0.4) is 0 Å². The van der Waals surface area contributed by atoms with E-state index < -0.39 is 17.6 Å². The minimum atomic E-state index is -1.20. The third kappa shape index (κ3) is 7.39. The van der Waals surface area contributed by atoms with Gasteiger partial charge in [-0.15, -0.1) is 11.8 Å². The number of aromatic nitrogens is 1. The molecular formula is C25H22F3NO3S. The van der Waals surface area contributed by atoms with Gasteiger partial charge in [0.1, 0.15) is 23.0 Å². The molecule has 0 radical (unpaired) electrons. The summed E-state index contributed by atoms with van der Waals surface area (Å²) >= 11 is 0.950. The number of ether oxygens (including phenoxy) is 1. The molecule has 3 rings (SSSR count). The second-order valence-electron chi connectivity index (χ2n) is 7.14. The van der Waals surface area contributed by atoms with Crippen LogP contribution in [0.15, 0.2) is 71.8 Å². The first-order valence-corrected chi connectivity index (χ1v) is 11.2. The predicted molar refractivity (Wildman–Crippen MR) is 121 cm³/mol. The number of aliphatic carboxylic acids is 1. The van der Waals surface area contributed by atoms with Gasteiger partial charge in [0.25, 0.3) is 0 Å². The number of aryl methyl sites for hydroxylation is 1. The average Bonchev–Trinajstić information content (AvgIpc) is 2.79. The van der Waals surface area contributed by atoms with E-state index in [-0.39, 0.29) is 27.7 Å². The molecule has 0 fully saturated rings. The number of carboxylic acids is 1. The minimum Gasteiger partial charge on any atom is -0.500 e. The van der Waals surface area contributed by atoms with Gasteiger partial charge in [-0.1, -0.05) is 24.3 Å². The van der Waals surface area contributed by atoms with Crippen LogP contribution >= 0.6 is 11.8 Å². The molecule has 2 aromatic carbocycles. The zero-order valence-electron chi connectivity index (χ0n) is 17.6. The van der Waals surface area contributed by atoms with E-state index in [9.17, 15) is 23.1 Å². The molecule has 3 aromatic rings. The summed E-state index contributed by atoms with van der Waals surface area (Å²) < 4.78 is 46.0. The van der Waals surface area contributed by atoms with Crippen molar-refractivity contribution in [1.29, 1.82) is 0 Å². The number of unbranched alkanes of at least 4 members (excludes halogenated alkanes) is 1. The molecule has 0 saturated heterocycles. The summed E-state index contributed by atoms with van der Waals surface area (Å²) in [6, 6.07) is 14.8. The summed E-state index contributed by atoms with van der Waals surface area (Å²) in [4.78, 5) is 15.9. The van der Waals surface area contributed by atoms with Crippen LogP contribution in [-0.2, 0) is 21.7 Å². The highest BCUT2D eigenvalue weighted by atomic mass is 32.2. The highest BCUT2D eigenvalue weighted by molar-refractivity contribution is 7.98. The Kier molecular flexibility index (Phi) is 8.95. The first-order chi connectivity index (χ1) is 15.9. The van der Waals surface area contributed by atoms with Crippen molar-refractivity contribution in [3.8, 4) is 0 Å². The lowest BCUT2D eigenvalue weighted by Crippen LogP contribution is -2.04. The lowest BCUT2D eigenvalue weighted by atomic mass is 10.1. The fourth-order valence-electron chi connectivity index (χ4n) is 3.00. The van der Waals surface area contributed by atoms with E-state index in [0.29, 0.717) is 18.7 Å². The smallest absolute Gasteiger partial charge is 0.341 e. The predicted octanol–water partition coefficient (Wildman–Crippen LogP) is 6.26. The fraction of sp³-hybridized carbons (Fsp3) is 0.200. The first kappa shape index (κ1) is 24.4. The number of carbonyl (C=O) groups is 1. The number of thioether (sulfide) groups is 1.